The molecule has 0 heterocycles. The van der Waals surface area contributed by atoms with E-state index in [9.17, 15) is 4.79 Å². The van der Waals surface area contributed by atoms with Gasteiger partial charge in [-0.15, -0.1) is 0 Å². The molecule has 0 spiro atoms. The zero-order chi connectivity index (χ0) is 9.68. The van der Waals surface area contributed by atoms with Crippen LogP contribution in [0, 0.1) is 0 Å². The quantitative estimate of drug-likeness (QED) is 0.473. The molecule has 0 N–H and O–H groups in total. The molecule has 0 bridgehead atoms. The minimum absolute atomic E-state index is 0.314. The summed E-state index contributed by atoms with van der Waals surface area (Å²) in [6.45, 7) is 0. The lowest BCUT2D eigenvalue weighted by Gasteiger charge is -2.27. The third-order valence-corrected chi connectivity index (χ3v) is 3.17. The second-order valence-corrected chi connectivity index (χ2v) is 4.19. The van der Waals surface area contributed by atoms with Crippen molar-refractivity contribution in [3.63, 3.8) is 0 Å². The normalized spacial score (nSPS) is 20.5. The van der Waals surface area contributed by atoms with Gasteiger partial charge >= 0.3 is 5.37 Å². The lowest BCUT2D eigenvalue weighted by Crippen LogP contribution is -2.34. The minimum Gasteiger partial charge on any atom is -0.329 e. The first-order chi connectivity index (χ1) is 6.22. The largest absolute Gasteiger partial charge is 0.329 e. The van der Waals surface area contributed by atoms with Gasteiger partial charge in [0.1, 0.15) is 0 Å². The van der Waals surface area contributed by atoms with Crippen molar-refractivity contribution in [2.75, 3.05) is 7.05 Å². The predicted octanol–water partition coefficient (Wildman–Crippen LogP) is 3.39. The maximum absolute atomic E-state index is 10.9. The van der Waals surface area contributed by atoms with Crippen molar-refractivity contribution in [3.05, 3.63) is 0 Å². The van der Waals surface area contributed by atoms with E-state index in [1.54, 1.807) is 4.90 Å². The first-order valence-corrected chi connectivity index (χ1v) is 5.52. The number of carbonyl (C=O) groups is 1. The van der Waals surface area contributed by atoms with Crippen LogP contribution in [0.2, 0.25) is 0 Å². The van der Waals surface area contributed by atoms with Crippen LogP contribution in [0.4, 0.5) is 4.79 Å². The van der Waals surface area contributed by atoms with E-state index in [0.717, 1.165) is 12.8 Å². The molecule has 1 aliphatic rings. The lowest BCUT2D eigenvalue weighted by molar-refractivity contribution is 0.200. The fourth-order valence-electron chi connectivity index (χ4n) is 1.97. The number of nitrogens with zero attached hydrogens (tertiary/aromatic N) is 1. The Morgan fingerprint density at radius 3 is 2.08 bits per heavy atom. The summed E-state index contributed by atoms with van der Waals surface area (Å²) in [5.41, 5.74) is 0. The molecule has 0 atom stereocenters. The summed E-state index contributed by atoms with van der Waals surface area (Å²) in [5, 5.41) is -0.314. The van der Waals surface area contributed by atoms with Gasteiger partial charge in [0.15, 0.2) is 0 Å². The fourth-order valence-corrected chi connectivity index (χ4v) is 2.10. The Morgan fingerprint density at radius 2 is 1.62 bits per heavy atom. The van der Waals surface area contributed by atoms with Crippen LogP contribution in [-0.2, 0) is 0 Å². The monoisotopic (exact) mass is 203 g/mol. The van der Waals surface area contributed by atoms with Gasteiger partial charge in [-0.3, -0.25) is 4.79 Å². The molecule has 1 rings (SSSR count). The van der Waals surface area contributed by atoms with Gasteiger partial charge < -0.3 is 4.90 Å². The first kappa shape index (κ1) is 10.8. The van der Waals surface area contributed by atoms with E-state index in [1.165, 1.54) is 32.1 Å². The molecule has 0 aromatic heterocycles. The van der Waals surface area contributed by atoms with E-state index in [0.29, 0.717) is 6.04 Å². The average molecular weight is 204 g/mol. The Bertz CT molecular complexity index is 164. The summed E-state index contributed by atoms with van der Waals surface area (Å²) < 4.78 is 0. The number of hydrogen-bond donors (Lipinski definition) is 0. The van der Waals surface area contributed by atoms with Crippen LogP contribution in [0.15, 0.2) is 0 Å². The number of amides is 1. The Morgan fingerprint density at radius 1 is 1.15 bits per heavy atom. The molecule has 0 unspecified atom stereocenters. The minimum atomic E-state index is -0.314. The summed E-state index contributed by atoms with van der Waals surface area (Å²) in [5.74, 6) is 0. The lowest BCUT2D eigenvalue weighted by atomic mass is 9.96. The van der Waals surface area contributed by atoms with Crippen molar-refractivity contribution < 1.29 is 4.79 Å². The zero-order valence-corrected chi connectivity index (χ0v) is 9.02. The van der Waals surface area contributed by atoms with Gasteiger partial charge in [-0.05, 0) is 24.4 Å². The molecule has 0 aromatic rings. The van der Waals surface area contributed by atoms with E-state index in [1.807, 2.05) is 7.05 Å². The van der Waals surface area contributed by atoms with Crippen LogP contribution in [-0.4, -0.2) is 23.4 Å². The number of hydrogen-bond acceptors (Lipinski definition) is 1. The number of carbonyl (C=O) groups excluding carboxylic acids is 1. The highest BCUT2D eigenvalue weighted by molar-refractivity contribution is 6.62. The van der Waals surface area contributed by atoms with Gasteiger partial charge in [0.05, 0.1) is 0 Å². The molecule has 3 heteroatoms. The second-order valence-electron chi connectivity index (χ2n) is 3.86. The van der Waals surface area contributed by atoms with E-state index >= 15 is 0 Å². The number of halogens is 1. The molecule has 13 heavy (non-hydrogen) atoms. The molecule has 0 radical (unpaired) electrons. The molecule has 0 saturated heterocycles. The van der Waals surface area contributed by atoms with Gasteiger partial charge in [0.25, 0.3) is 0 Å². The predicted molar refractivity (Wildman–Crippen MR) is 55.1 cm³/mol. The van der Waals surface area contributed by atoms with Crippen LogP contribution in [0.25, 0.3) is 0 Å². The van der Waals surface area contributed by atoms with Crippen molar-refractivity contribution in [2.45, 2.75) is 51.0 Å². The summed E-state index contributed by atoms with van der Waals surface area (Å²) in [6.07, 6.45) is 8.68. The fraction of sp³-hybridized carbons (Fsp3) is 0.900. The molecule has 1 saturated carbocycles. The van der Waals surface area contributed by atoms with Gasteiger partial charge in [-0.2, -0.15) is 0 Å². The van der Waals surface area contributed by atoms with Crippen molar-refractivity contribution >= 4 is 17.0 Å². The van der Waals surface area contributed by atoms with Crippen molar-refractivity contribution in [3.8, 4) is 0 Å². The van der Waals surface area contributed by atoms with E-state index in [4.69, 9.17) is 11.6 Å². The highest BCUT2D eigenvalue weighted by atomic mass is 35.5. The second kappa shape index (κ2) is 5.48. The molecule has 1 amide bonds. The topological polar surface area (TPSA) is 20.3 Å². The van der Waals surface area contributed by atoms with E-state index in [2.05, 4.69) is 0 Å². The molecule has 76 valence electrons. The van der Waals surface area contributed by atoms with Gasteiger partial charge in [-0.1, -0.05) is 32.1 Å². The van der Waals surface area contributed by atoms with Gasteiger partial charge in [0, 0.05) is 13.1 Å². The summed E-state index contributed by atoms with van der Waals surface area (Å²) in [4.78, 5) is 12.6. The van der Waals surface area contributed by atoms with Gasteiger partial charge in [0.2, 0.25) is 0 Å². The average Bonchev–Trinajstić information content (AvgIpc) is 2.02. The smallest absolute Gasteiger partial charge is 0.316 e. The van der Waals surface area contributed by atoms with E-state index < -0.39 is 0 Å². The Kier molecular flexibility index (Phi) is 4.57. The molecule has 1 aliphatic carbocycles. The molecular formula is C10H18ClNO. The maximum atomic E-state index is 10.9. The molecule has 0 aromatic carbocycles. The van der Waals surface area contributed by atoms with Crippen LogP contribution >= 0.6 is 11.6 Å². The van der Waals surface area contributed by atoms with Crippen LogP contribution in [0.5, 0.6) is 0 Å². The molecule has 1 fully saturated rings. The van der Waals surface area contributed by atoms with Crippen molar-refractivity contribution in [1.29, 1.82) is 0 Å². The SMILES string of the molecule is CN(C(=O)Cl)C1CCCCCCC1. The highest BCUT2D eigenvalue weighted by Gasteiger charge is 2.18. The van der Waals surface area contributed by atoms with Crippen molar-refractivity contribution in [2.24, 2.45) is 0 Å². The van der Waals surface area contributed by atoms with Gasteiger partial charge in [-0.25, -0.2) is 0 Å². The third kappa shape index (κ3) is 3.55. The molecular weight excluding hydrogens is 186 g/mol. The zero-order valence-electron chi connectivity index (χ0n) is 8.26. The summed E-state index contributed by atoms with van der Waals surface area (Å²) >= 11 is 5.44. The van der Waals surface area contributed by atoms with Crippen LogP contribution < -0.4 is 0 Å². The molecule has 2 nitrogen and oxygen atoms in total. The Labute approximate surface area is 85.2 Å². The number of rotatable bonds is 1. The summed E-state index contributed by atoms with van der Waals surface area (Å²) in [7, 11) is 1.81. The maximum Gasteiger partial charge on any atom is 0.316 e. The van der Waals surface area contributed by atoms with Crippen LogP contribution in [0.1, 0.15) is 44.9 Å². The Balaban J connectivity index is 2.40. The standard InChI is InChI=1S/C10H18ClNO/c1-12(10(11)13)9-7-5-3-2-4-6-8-9/h9H,2-8H2,1H3. The highest BCUT2D eigenvalue weighted by Crippen LogP contribution is 2.21. The summed E-state index contributed by atoms with van der Waals surface area (Å²) in [6, 6.07) is 0.380. The third-order valence-electron chi connectivity index (χ3n) is 2.90. The first-order valence-electron chi connectivity index (χ1n) is 5.14. The van der Waals surface area contributed by atoms with Crippen molar-refractivity contribution in [1.82, 2.24) is 4.90 Å². The van der Waals surface area contributed by atoms with Crippen LogP contribution in [0.3, 0.4) is 0 Å². The Hall–Kier alpha value is -0.240. The van der Waals surface area contributed by atoms with E-state index in [-0.39, 0.29) is 5.37 Å². The molecule has 0 aliphatic heterocycles.